The maximum atomic E-state index is 12.4. The quantitative estimate of drug-likeness (QED) is 0.632. The lowest BCUT2D eigenvalue weighted by Gasteiger charge is -2.09. The Hall–Kier alpha value is -3.67. The van der Waals surface area contributed by atoms with E-state index in [9.17, 15) is 9.59 Å². The fourth-order valence-corrected chi connectivity index (χ4v) is 2.47. The molecule has 0 bridgehead atoms. The second kappa shape index (κ2) is 8.14. The van der Waals surface area contributed by atoms with Gasteiger partial charge in [-0.15, -0.1) is 0 Å². The topological polar surface area (TPSA) is 83.1 Å². The van der Waals surface area contributed by atoms with Gasteiger partial charge in [-0.05, 0) is 55.5 Å². The molecule has 3 N–H and O–H groups in total. The van der Waals surface area contributed by atoms with Crippen LogP contribution in [0.25, 0.3) is 0 Å². The number of rotatable bonds is 5. The highest BCUT2D eigenvalue weighted by molar-refractivity contribution is 6.04. The van der Waals surface area contributed by atoms with E-state index in [0.717, 1.165) is 16.9 Å². The number of carbonyl (C=O) groups is 2. The number of pyridine rings is 1. The van der Waals surface area contributed by atoms with Gasteiger partial charge in [-0.2, -0.15) is 0 Å². The van der Waals surface area contributed by atoms with Gasteiger partial charge in [0.15, 0.2) is 0 Å². The SMILES string of the molecule is CC(=O)Nc1ccc(Nc2cc(C(=O)Nc3ccc(C)cc3)ccn2)cc1. The Morgan fingerprint density at radius 1 is 0.815 bits per heavy atom. The Bertz CT molecular complexity index is 951. The number of hydrogen-bond donors (Lipinski definition) is 3. The molecule has 1 heterocycles. The first-order chi connectivity index (χ1) is 13.0. The lowest BCUT2D eigenvalue weighted by molar-refractivity contribution is -0.114. The Labute approximate surface area is 157 Å². The van der Waals surface area contributed by atoms with Gasteiger partial charge in [0.05, 0.1) is 0 Å². The molecule has 1 aromatic heterocycles. The normalized spacial score (nSPS) is 10.1. The van der Waals surface area contributed by atoms with E-state index in [0.29, 0.717) is 17.1 Å². The predicted octanol–water partition coefficient (Wildman–Crippen LogP) is 4.34. The third-order valence-electron chi connectivity index (χ3n) is 3.81. The Kier molecular flexibility index (Phi) is 5.47. The maximum absolute atomic E-state index is 12.4. The van der Waals surface area contributed by atoms with Crippen molar-refractivity contribution in [2.75, 3.05) is 16.0 Å². The molecule has 6 heteroatoms. The van der Waals surface area contributed by atoms with Gasteiger partial charge in [0.1, 0.15) is 5.82 Å². The minimum atomic E-state index is -0.203. The minimum Gasteiger partial charge on any atom is -0.340 e. The summed E-state index contributed by atoms with van der Waals surface area (Å²) < 4.78 is 0. The minimum absolute atomic E-state index is 0.121. The van der Waals surface area contributed by atoms with Crippen LogP contribution in [0.4, 0.5) is 22.9 Å². The molecule has 136 valence electrons. The first-order valence-electron chi connectivity index (χ1n) is 8.48. The van der Waals surface area contributed by atoms with Crippen LogP contribution in [0.1, 0.15) is 22.8 Å². The zero-order valence-electron chi connectivity index (χ0n) is 15.1. The number of aromatic nitrogens is 1. The Morgan fingerprint density at radius 3 is 2.07 bits per heavy atom. The van der Waals surface area contributed by atoms with Crippen molar-refractivity contribution in [1.29, 1.82) is 0 Å². The zero-order valence-corrected chi connectivity index (χ0v) is 15.1. The van der Waals surface area contributed by atoms with Gasteiger partial charge in [0, 0.05) is 35.7 Å². The summed E-state index contributed by atoms with van der Waals surface area (Å²) in [4.78, 5) is 27.8. The highest BCUT2D eigenvalue weighted by Gasteiger charge is 2.08. The monoisotopic (exact) mass is 360 g/mol. The molecule has 2 aromatic carbocycles. The molecule has 3 aromatic rings. The van der Waals surface area contributed by atoms with Crippen molar-refractivity contribution in [3.05, 3.63) is 78.0 Å². The molecule has 0 aliphatic rings. The summed E-state index contributed by atoms with van der Waals surface area (Å²) in [7, 11) is 0. The van der Waals surface area contributed by atoms with Crippen LogP contribution in [0.3, 0.4) is 0 Å². The standard InChI is InChI=1S/C21H20N4O2/c1-14-3-5-19(6-4-14)25-21(27)16-11-12-22-20(13-16)24-18-9-7-17(8-10-18)23-15(2)26/h3-13H,1-2H3,(H,22,24)(H,23,26)(H,25,27). The number of carbonyl (C=O) groups excluding carboxylic acids is 2. The molecule has 0 spiro atoms. The molecule has 0 radical (unpaired) electrons. The van der Waals surface area contributed by atoms with Gasteiger partial charge >= 0.3 is 0 Å². The number of nitrogens with one attached hydrogen (secondary N) is 3. The molecule has 0 saturated carbocycles. The molecule has 0 unspecified atom stereocenters. The molecular formula is C21H20N4O2. The van der Waals surface area contributed by atoms with Crippen LogP contribution >= 0.6 is 0 Å². The number of aryl methyl sites for hydroxylation is 1. The molecular weight excluding hydrogens is 340 g/mol. The number of amides is 2. The van der Waals surface area contributed by atoms with Crippen LogP contribution in [0.2, 0.25) is 0 Å². The molecule has 0 aliphatic carbocycles. The summed E-state index contributed by atoms with van der Waals surface area (Å²) in [5.74, 6) is 0.230. The molecule has 0 fully saturated rings. The highest BCUT2D eigenvalue weighted by atomic mass is 16.2. The van der Waals surface area contributed by atoms with Gasteiger partial charge in [0.2, 0.25) is 5.91 Å². The molecule has 0 saturated heterocycles. The first kappa shape index (κ1) is 18.1. The number of nitrogens with zero attached hydrogens (tertiary/aromatic N) is 1. The van der Waals surface area contributed by atoms with E-state index in [1.54, 1.807) is 30.5 Å². The van der Waals surface area contributed by atoms with Gasteiger partial charge in [0.25, 0.3) is 5.91 Å². The van der Waals surface area contributed by atoms with E-state index >= 15 is 0 Å². The third-order valence-corrected chi connectivity index (χ3v) is 3.81. The Balaban J connectivity index is 1.68. The molecule has 0 aliphatic heterocycles. The van der Waals surface area contributed by atoms with Crippen molar-refractivity contribution in [1.82, 2.24) is 4.98 Å². The fraction of sp³-hybridized carbons (Fsp3) is 0.0952. The summed E-state index contributed by atoms with van der Waals surface area (Å²) in [6.07, 6.45) is 1.58. The molecule has 0 atom stereocenters. The van der Waals surface area contributed by atoms with Crippen molar-refractivity contribution >= 4 is 34.7 Å². The third kappa shape index (κ3) is 5.15. The van der Waals surface area contributed by atoms with Gasteiger partial charge in [-0.1, -0.05) is 17.7 Å². The van der Waals surface area contributed by atoms with Crippen molar-refractivity contribution in [3.63, 3.8) is 0 Å². The lowest BCUT2D eigenvalue weighted by atomic mass is 10.2. The second-order valence-electron chi connectivity index (χ2n) is 6.13. The van der Waals surface area contributed by atoms with Crippen molar-refractivity contribution in [2.24, 2.45) is 0 Å². The summed E-state index contributed by atoms with van der Waals surface area (Å²) in [6.45, 7) is 3.46. The second-order valence-corrected chi connectivity index (χ2v) is 6.13. The zero-order chi connectivity index (χ0) is 19.2. The van der Waals surface area contributed by atoms with Crippen molar-refractivity contribution < 1.29 is 9.59 Å². The summed E-state index contributed by atoms with van der Waals surface area (Å²) in [6, 6.07) is 18.2. The van der Waals surface area contributed by atoms with E-state index in [1.165, 1.54) is 6.92 Å². The summed E-state index contributed by atoms with van der Waals surface area (Å²) >= 11 is 0. The average Bonchev–Trinajstić information content (AvgIpc) is 2.65. The van der Waals surface area contributed by atoms with E-state index < -0.39 is 0 Å². The van der Waals surface area contributed by atoms with Crippen LogP contribution in [0, 0.1) is 6.92 Å². The van der Waals surface area contributed by atoms with Crippen LogP contribution in [-0.4, -0.2) is 16.8 Å². The first-order valence-corrected chi connectivity index (χ1v) is 8.48. The predicted molar refractivity (Wildman–Crippen MR) is 107 cm³/mol. The summed E-state index contributed by atoms with van der Waals surface area (Å²) in [5, 5.41) is 8.73. The summed E-state index contributed by atoms with van der Waals surface area (Å²) in [5.41, 5.74) is 3.89. The van der Waals surface area contributed by atoms with Crippen LogP contribution in [0.15, 0.2) is 66.9 Å². The average molecular weight is 360 g/mol. The van der Waals surface area contributed by atoms with E-state index in [-0.39, 0.29) is 11.8 Å². The van der Waals surface area contributed by atoms with Crippen molar-refractivity contribution in [2.45, 2.75) is 13.8 Å². The van der Waals surface area contributed by atoms with Gasteiger partial charge in [-0.3, -0.25) is 9.59 Å². The van der Waals surface area contributed by atoms with E-state index in [2.05, 4.69) is 20.9 Å². The number of benzene rings is 2. The molecule has 27 heavy (non-hydrogen) atoms. The molecule has 3 rings (SSSR count). The smallest absolute Gasteiger partial charge is 0.255 e. The molecule has 2 amide bonds. The van der Waals surface area contributed by atoms with Crippen LogP contribution in [0.5, 0.6) is 0 Å². The van der Waals surface area contributed by atoms with Crippen molar-refractivity contribution in [3.8, 4) is 0 Å². The van der Waals surface area contributed by atoms with Crippen LogP contribution < -0.4 is 16.0 Å². The number of hydrogen-bond acceptors (Lipinski definition) is 4. The van der Waals surface area contributed by atoms with E-state index in [1.807, 2.05) is 43.3 Å². The van der Waals surface area contributed by atoms with Gasteiger partial charge < -0.3 is 16.0 Å². The Morgan fingerprint density at radius 2 is 1.41 bits per heavy atom. The maximum Gasteiger partial charge on any atom is 0.255 e. The van der Waals surface area contributed by atoms with Crippen LogP contribution in [-0.2, 0) is 4.79 Å². The van der Waals surface area contributed by atoms with Gasteiger partial charge in [-0.25, -0.2) is 4.98 Å². The highest BCUT2D eigenvalue weighted by Crippen LogP contribution is 2.19. The largest absolute Gasteiger partial charge is 0.340 e. The number of anilines is 4. The molecule has 6 nitrogen and oxygen atoms in total. The fourth-order valence-electron chi connectivity index (χ4n) is 2.47. The lowest BCUT2D eigenvalue weighted by Crippen LogP contribution is -2.12. The van der Waals surface area contributed by atoms with E-state index in [4.69, 9.17) is 0 Å².